The van der Waals surface area contributed by atoms with Gasteiger partial charge in [0.1, 0.15) is 0 Å². The van der Waals surface area contributed by atoms with E-state index < -0.39 is 18.9 Å². The highest BCUT2D eigenvalue weighted by Crippen LogP contribution is 2.49. The van der Waals surface area contributed by atoms with Crippen LogP contribution in [0.2, 0.25) is 0 Å². The molecule has 8 heteroatoms. The Morgan fingerprint density at radius 3 is 1.50 bits per heavy atom. The van der Waals surface area contributed by atoms with Gasteiger partial charge in [-0.05, 0) is 32.1 Å². The number of unbranched alkanes of at least 4 members (excludes halogenated alkanes) is 3. The van der Waals surface area contributed by atoms with Gasteiger partial charge in [0, 0.05) is 0 Å². The van der Waals surface area contributed by atoms with Crippen LogP contribution in [0.1, 0.15) is 91.4 Å². The van der Waals surface area contributed by atoms with E-state index in [1.807, 2.05) is 0 Å². The van der Waals surface area contributed by atoms with E-state index in [4.69, 9.17) is 18.1 Å². The van der Waals surface area contributed by atoms with E-state index in [0.717, 1.165) is 64.2 Å². The predicted octanol–water partition coefficient (Wildman–Crippen LogP) is 6.09. The van der Waals surface area contributed by atoms with Crippen LogP contribution in [0, 0.1) is 0 Å². The minimum absolute atomic E-state index is 0.0822. The number of hydrogen-bond donors (Lipinski definition) is 1. The molecular weight excluding hydrogens is 375 g/mol. The van der Waals surface area contributed by atoms with Crippen molar-refractivity contribution in [2.24, 2.45) is 0 Å². The average Bonchev–Trinajstić information content (AvgIpc) is 2.64. The molecule has 6 nitrogen and oxygen atoms in total. The van der Waals surface area contributed by atoms with Crippen LogP contribution in [-0.4, -0.2) is 33.8 Å². The molecule has 1 saturated carbocycles. The minimum atomic E-state index is -3.31. The Morgan fingerprint density at radius 2 is 1.23 bits per heavy atom. The van der Waals surface area contributed by atoms with Crippen LogP contribution in [0.4, 0.5) is 0 Å². The Bertz CT molecular complexity index is 355. The van der Waals surface area contributed by atoms with Gasteiger partial charge in [-0.15, -0.1) is 0 Å². The lowest BCUT2D eigenvalue weighted by molar-refractivity contribution is 0.110. The Hall–Kier alpha value is 0.220. The summed E-state index contributed by atoms with van der Waals surface area (Å²) in [7, 11) is -3.31. The number of hydrogen-bond acceptors (Lipinski definition) is 5. The molecule has 158 valence electrons. The largest absolute Gasteiger partial charge is 0.474 e. The van der Waals surface area contributed by atoms with Crippen molar-refractivity contribution in [3.8, 4) is 0 Å². The van der Waals surface area contributed by atoms with Crippen molar-refractivity contribution in [2.75, 3.05) is 19.8 Å². The molecule has 26 heavy (non-hydrogen) atoms. The first-order valence-electron chi connectivity index (χ1n) is 10.1. The van der Waals surface area contributed by atoms with Crippen LogP contribution in [0.15, 0.2) is 0 Å². The second kappa shape index (κ2) is 17.3. The summed E-state index contributed by atoms with van der Waals surface area (Å²) in [6.45, 7) is 7.49. The van der Waals surface area contributed by atoms with E-state index in [1.54, 1.807) is 0 Å². The van der Waals surface area contributed by atoms with Gasteiger partial charge in [-0.1, -0.05) is 59.3 Å². The van der Waals surface area contributed by atoms with Gasteiger partial charge >= 0.3 is 7.82 Å². The van der Waals surface area contributed by atoms with Crippen LogP contribution in [-0.2, 0) is 29.2 Å². The maximum atomic E-state index is 12.2. The molecule has 0 heterocycles. The third-order valence-electron chi connectivity index (χ3n) is 4.08. The molecule has 1 fully saturated rings. The average molecular weight is 415 g/mol. The molecular formula is C18H39O6PS. The number of phosphoric ester groups is 1. The van der Waals surface area contributed by atoms with E-state index in [2.05, 4.69) is 20.8 Å². The summed E-state index contributed by atoms with van der Waals surface area (Å²) in [5.74, 6) is 0. The summed E-state index contributed by atoms with van der Waals surface area (Å²) in [5.41, 5.74) is 0. The lowest BCUT2D eigenvalue weighted by Crippen LogP contribution is -2.17. The molecule has 0 saturated heterocycles. The van der Waals surface area contributed by atoms with Crippen molar-refractivity contribution < 1.29 is 26.9 Å². The molecule has 0 aromatic rings. The molecule has 0 spiro atoms. The molecule has 0 bridgehead atoms. The number of rotatable bonds is 13. The van der Waals surface area contributed by atoms with Crippen molar-refractivity contribution in [1.82, 2.24) is 0 Å². The fourth-order valence-electron chi connectivity index (χ4n) is 2.34. The van der Waals surface area contributed by atoms with Gasteiger partial charge in [0.2, 0.25) is 0 Å². The van der Waals surface area contributed by atoms with Crippen molar-refractivity contribution in [1.29, 1.82) is 0 Å². The fourth-order valence-corrected chi connectivity index (χ4v) is 4.36. The van der Waals surface area contributed by atoms with Crippen LogP contribution in [0.5, 0.6) is 0 Å². The first-order valence-corrected chi connectivity index (χ1v) is 12.7. The summed E-state index contributed by atoms with van der Waals surface area (Å²) < 4.78 is 47.1. The van der Waals surface area contributed by atoms with Crippen LogP contribution < -0.4 is 0 Å². The quantitative estimate of drug-likeness (QED) is 0.223. The highest BCUT2D eigenvalue weighted by Gasteiger charge is 2.25. The summed E-state index contributed by atoms with van der Waals surface area (Å²) in [5, 5.41) is 0.0822. The van der Waals surface area contributed by atoms with Crippen LogP contribution in [0.25, 0.3) is 0 Å². The molecule has 0 aromatic heterocycles. The van der Waals surface area contributed by atoms with E-state index in [0.29, 0.717) is 19.8 Å². The number of phosphoric acid groups is 1. The zero-order chi connectivity index (χ0) is 19.7. The summed E-state index contributed by atoms with van der Waals surface area (Å²) in [6.07, 6.45) is 11.0. The van der Waals surface area contributed by atoms with Gasteiger partial charge in [-0.25, -0.2) is 8.77 Å². The van der Waals surface area contributed by atoms with E-state index in [-0.39, 0.29) is 5.25 Å². The Labute approximate surface area is 162 Å². The van der Waals surface area contributed by atoms with Gasteiger partial charge < -0.3 is 4.55 Å². The molecule has 1 atom stereocenters. The van der Waals surface area contributed by atoms with Crippen LogP contribution >= 0.6 is 7.82 Å². The SMILES string of the molecule is CCCCOP(=O)(OCCCC)OCCCC.O=S(O)C1CCCCC1. The molecule has 1 N–H and O–H groups in total. The summed E-state index contributed by atoms with van der Waals surface area (Å²) in [4.78, 5) is 0. The maximum absolute atomic E-state index is 12.2. The molecule has 1 aliphatic carbocycles. The molecule has 0 aromatic carbocycles. The normalized spacial score (nSPS) is 16.8. The Kier molecular flexibility index (Phi) is 17.5. The lowest BCUT2D eigenvalue weighted by Gasteiger charge is -2.17. The fraction of sp³-hybridized carbons (Fsp3) is 1.00. The first kappa shape index (κ1) is 26.2. The molecule has 0 amide bonds. The molecule has 0 aliphatic heterocycles. The van der Waals surface area contributed by atoms with E-state index >= 15 is 0 Å². The smallest absolute Gasteiger partial charge is 0.306 e. The summed E-state index contributed by atoms with van der Waals surface area (Å²) >= 11 is -1.55. The highest BCUT2D eigenvalue weighted by atomic mass is 32.2. The molecule has 1 unspecified atom stereocenters. The van der Waals surface area contributed by atoms with Gasteiger partial charge in [0.15, 0.2) is 11.1 Å². The predicted molar refractivity (Wildman–Crippen MR) is 108 cm³/mol. The highest BCUT2D eigenvalue weighted by molar-refractivity contribution is 7.79. The van der Waals surface area contributed by atoms with Crippen molar-refractivity contribution in [3.63, 3.8) is 0 Å². The van der Waals surface area contributed by atoms with E-state index in [1.165, 1.54) is 6.42 Å². The van der Waals surface area contributed by atoms with Crippen LogP contribution in [0.3, 0.4) is 0 Å². The Morgan fingerprint density at radius 1 is 0.846 bits per heavy atom. The second-order valence-electron chi connectivity index (χ2n) is 6.54. The van der Waals surface area contributed by atoms with Gasteiger partial charge in [-0.3, -0.25) is 13.6 Å². The second-order valence-corrected chi connectivity index (χ2v) is 9.43. The molecule has 1 aliphatic rings. The van der Waals surface area contributed by atoms with E-state index in [9.17, 15) is 8.77 Å². The van der Waals surface area contributed by atoms with Crippen molar-refractivity contribution in [3.05, 3.63) is 0 Å². The van der Waals surface area contributed by atoms with Gasteiger partial charge in [-0.2, -0.15) is 0 Å². The molecule has 1 rings (SSSR count). The maximum Gasteiger partial charge on any atom is 0.474 e. The zero-order valence-corrected chi connectivity index (χ0v) is 18.5. The third kappa shape index (κ3) is 14.3. The standard InChI is InChI=1S/C12H27O4P.C6H12O2S/c1-4-7-10-14-17(13,15-11-8-5-2)16-12-9-6-3;7-9(8)6-4-2-1-3-5-6/h4-12H2,1-3H3;6H,1-5H2,(H,7,8). The first-order chi connectivity index (χ1) is 12.5. The van der Waals surface area contributed by atoms with Crippen molar-refractivity contribution in [2.45, 2.75) is 96.7 Å². The summed E-state index contributed by atoms with van der Waals surface area (Å²) in [6, 6.07) is 0. The van der Waals surface area contributed by atoms with Crippen molar-refractivity contribution >= 4 is 18.9 Å². The minimum Gasteiger partial charge on any atom is -0.306 e. The van der Waals surface area contributed by atoms with Gasteiger partial charge in [0.25, 0.3) is 0 Å². The molecule has 0 radical (unpaired) electrons. The third-order valence-corrected chi connectivity index (χ3v) is 6.62. The zero-order valence-electron chi connectivity index (χ0n) is 16.8. The topological polar surface area (TPSA) is 82.1 Å². The Balaban J connectivity index is 0.000000577. The monoisotopic (exact) mass is 414 g/mol. The van der Waals surface area contributed by atoms with Gasteiger partial charge in [0.05, 0.1) is 25.1 Å². The lowest BCUT2D eigenvalue weighted by atomic mass is 10.0.